The minimum Gasteiger partial charge on any atom is -0.446 e. The van der Waals surface area contributed by atoms with E-state index >= 15 is 0 Å². The van der Waals surface area contributed by atoms with Crippen molar-refractivity contribution >= 4 is 11.8 Å². The summed E-state index contributed by atoms with van der Waals surface area (Å²) < 4.78 is 11.2. The van der Waals surface area contributed by atoms with Crippen molar-refractivity contribution in [3.05, 3.63) is 125 Å². The first-order valence-electron chi connectivity index (χ1n) is 16.7. The van der Waals surface area contributed by atoms with E-state index in [0.29, 0.717) is 42.4 Å². The lowest BCUT2D eigenvalue weighted by Gasteiger charge is -2.25. The van der Waals surface area contributed by atoms with Gasteiger partial charge in [-0.2, -0.15) is 0 Å². The van der Waals surface area contributed by atoms with Crippen LogP contribution < -0.4 is 10.6 Å². The molecule has 0 spiro atoms. The number of nitrogens with zero attached hydrogens (tertiary/aromatic N) is 4. The number of pyridine rings is 1. The fourth-order valence-electron chi connectivity index (χ4n) is 6.16. The second kappa shape index (κ2) is 15.4. The Kier molecular flexibility index (Phi) is 10.6. The molecule has 6 rings (SSSR count). The minimum absolute atomic E-state index is 0.237. The lowest BCUT2D eigenvalue weighted by molar-refractivity contribution is 0.0715. The molecule has 0 saturated carbocycles. The normalized spacial score (nSPS) is 15.8. The van der Waals surface area contributed by atoms with E-state index in [2.05, 4.69) is 45.5 Å². The average molecular weight is 663 g/mol. The van der Waals surface area contributed by atoms with Gasteiger partial charge in [-0.15, -0.1) is 0 Å². The molecular formula is C38H42N6O5. The van der Waals surface area contributed by atoms with Crippen molar-refractivity contribution in [2.45, 2.75) is 70.7 Å². The van der Waals surface area contributed by atoms with Crippen LogP contribution in [0.4, 0.5) is 0 Å². The maximum atomic E-state index is 14.0. The number of oxazole rings is 2. The Morgan fingerprint density at radius 2 is 1.86 bits per heavy atom. The van der Waals surface area contributed by atoms with Gasteiger partial charge >= 0.3 is 0 Å². The van der Waals surface area contributed by atoms with E-state index in [0.717, 1.165) is 35.2 Å². The fraction of sp³-hybridized carbons (Fsp3) is 0.342. The van der Waals surface area contributed by atoms with E-state index in [1.54, 1.807) is 29.4 Å². The number of benzene rings is 2. The standard InChI is InChI=1S/C38H42N6O5/c1-24(2)31-14-27(19-39-21-31)20-40-22-34(45)32(15-26-8-5-4-6-9-26)43-35(46)28-16-29(36-41-11-13-48-36)18-30(17-28)38(47)44-12-7-10-33(44)37-42-25(3)23-49-37/h4-6,8-9,11,13-14,16-19,21,23-24,32-34,40,45H,7,10,12,15,20,22H2,1-3H3,(H,43,46)/t32-,33?,34+/m0/s1. The van der Waals surface area contributed by atoms with Crippen LogP contribution in [-0.4, -0.2) is 62.0 Å². The van der Waals surface area contributed by atoms with Gasteiger partial charge in [0.15, 0.2) is 0 Å². The molecule has 11 heteroatoms. The first-order chi connectivity index (χ1) is 23.7. The van der Waals surface area contributed by atoms with Gasteiger partial charge in [0.05, 0.1) is 24.0 Å². The highest BCUT2D eigenvalue weighted by Crippen LogP contribution is 2.33. The number of aryl methyl sites for hydroxylation is 1. The van der Waals surface area contributed by atoms with Crippen molar-refractivity contribution in [1.82, 2.24) is 30.5 Å². The van der Waals surface area contributed by atoms with Gasteiger partial charge in [0.25, 0.3) is 11.8 Å². The minimum atomic E-state index is -0.920. The monoisotopic (exact) mass is 662 g/mol. The first-order valence-corrected chi connectivity index (χ1v) is 16.7. The number of amides is 2. The van der Waals surface area contributed by atoms with E-state index in [4.69, 9.17) is 8.83 Å². The van der Waals surface area contributed by atoms with Crippen LogP contribution in [0, 0.1) is 6.92 Å². The maximum Gasteiger partial charge on any atom is 0.254 e. The van der Waals surface area contributed by atoms with Crippen LogP contribution >= 0.6 is 0 Å². The van der Waals surface area contributed by atoms with Crippen LogP contribution in [0.3, 0.4) is 0 Å². The number of carbonyl (C=O) groups excluding carboxylic acids is 2. The van der Waals surface area contributed by atoms with Crippen LogP contribution in [-0.2, 0) is 13.0 Å². The molecule has 5 aromatic rings. The Labute approximate surface area is 285 Å². The molecule has 1 aliphatic heterocycles. The summed E-state index contributed by atoms with van der Waals surface area (Å²) in [7, 11) is 0. The van der Waals surface area contributed by atoms with Gasteiger partial charge < -0.3 is 29.5 Å². The number of aromatic nitrogens is 3. The lowest BCUT2D eigenvalue weighted by Crippen LogP contribution is -2.48. The van der Waals surface area contributed by atoms with Crippen molar-refractivity contribution in [2.24, 2.45) is 0 Å². The fourth-order valence-corrected chi connectivity index (χ4v) is 6.16. The van der Waals surface area contributed by atoms with Gasteiger partial charge in [-0.25, -0.2) is 9.97 Å². The number of hydrogen-bond acceptors (Lipinski definition) is 9. The molecule has 1 fully saturated rings. The molecule has 3 aromatic heterocycles. The predicted octanol–water partition coefficient (Wildman–Crippen LogP) is 5.63. The molecule has 11 nitrogen and oxygen atoms in total. The maximum absolute atomic E-state index is 14.0. The predicted molar refractivity (Wildman–Crippen MR) is 184 cm³/mol. The Hall–Kier alpha value is -5.13. The molecule has 0 bridgehead atoms. The highest BCUT2D eigenvalue weighted by Gasteiger charge is 2.34. The third-order valence-corrected chi connectivity index (χ3v) is 8.80. The van der Waals surface area contributed by atoms with Crippen molar-refractivity contribution in [2.75, 3.05) is 13.1 Å². The average Bonchev–Trinajstić information content (AvgIpc) is 3.91. The summed E-state index contributed by atoms with van der Waals surface area (Å²) in [6.45, 7) is 7.38. The van der Waals surface area contributed by atoms with Crippen LogP contribution in [0.15, 0.2) is 94.5 Å². The van der Waals surface area contributed by atoms with E-state index < -0.39 is 18.1 Å². The highest BCUT2D eigenvalue weighted by atomic mass is 16.3. The van der Waals surface area contributed by atoms with Crippen molar-refractivity contribution < 1.29 is 23.5 Å². The smallest absolute Gasteiger partial charge is 0.254 e. The number of nitrogens with one attached hydrogen (secondary N) is 2. The van der Waals surface area contributed by atoms with E-state index in [1.807, 2.05) is 49.6 Å². The second-order valence-corrected chi connectivity index (χ2v) is 12.9. The summed E-state index contributed by atoms with van der Waals surface area (Å²) in [5.41, 5.74) is 4.92. The van der Waals surface area contributed by atoms with E-state index in [-0.39, 0.29) is 29.9 Å². The zero-order chi connectivity index (χ0) is 34.3. The summed E-state index contributed by atoms with van der Waals surface area (Å²) in [5.74, 6) is 0.460. The molecule has 3 atom stereocenters. The molecule has 254 valence electrons. The number of likely N-dealkylation sites (tertiary alicyclic amines) is 1. The quantitative estimate of drug-likeness (QED) is 0.146. The molecule has 49 heavy (non-hydrogen) atoms. The zero-order valence-electron chi connectivity index (χ0n) is 28.0. The molecule has 0 radical (unpaired) electrons. The Morgan fingerprint density at radius 3 is 2.59 bits per heavy atom. The van der Waals surface area contributed by atoms with Crippen LogP contribution in [0.25, 0.3) is 11.5 Å². The van der Waals surface area contributed by atoms with Crippen molar-refractivity contribution in [1.29, 1.82) is 0 Å². The zero-order valence-corrected chi connectivity index (χ0v) is 28.0. The van der Waals surface area contributed by atoms with Gasteiger partial charge in [0.1, 0.15) is 18.6 Å². The topological polar surface area (TPSA) is 147 Å². The molecule has 4 heterocycles. The third-order valence-electron chi connectivity index (χ3n) is 8.80. The highest BCUT2D eigenvalue weighted by molar-refractivity contribution is 6.01. The summed E-state index contributed by atoms with van der Waals surface area (Å²) in [6.07, 6.45) is 9.22. The summed E-state index contributed by atoms with van der Waals surface area (Å²) in [6, 6.07) is 15.8. The molecule has 2 amide bonds. The van der Waals surface area contributed by atoms with Crippen LogP contribution in [0.2, 0.25) is 0 Å². The number of aliphatic hydroxyl groups is 1. The summed E-state index contributed by atoms with van der Waals surface area (Å²) in [5, 5.41) is 17.8. The van der Waals surface area contributed by atoms with Crippen molar-refractivity contribution in [3.63, 3.8) is 0 Å². The summed E-state index contributed by atoms with van der Waals surface area (Å²) >= 11 is 0. The van der Waals surface area contributed by atoms with Gasteiger partial charge in [-0.3, -0.25) is 14.6 Å². The third kappa shape index (κ3) is 8.30. The molecule has 3 N–H and O–H groups in total. The molecule has 1 aliphatic rings. The van der Waals surface area contributed by atoms with Crippen molar-refractivity contribution in [3.8, 4) is 11.5 Å². The van der Waals surface area contributed by atoms with Crippen LogP contribution in [0.1, 0.15) is 87.6 Å². The SMILES string of the molecule is Cc1coc(C2CCCN2C(=O)c2cc(C(=O)N[C@@H](Cc3ccccc3)[C@H](O)CNCc3cncc(C(C)C)c3)cc(-c3ncco3)c2)n1. The van der Waals surface area contributed by atoms with Crippen LogP contribution in [0.5, 0.6) is 0 Å². The first kappa shape index (κ1) is 33.8. The largest absolute Gasteiger partial charge is 0.446 e. The van der Waals surface area contributed by atoms with E-state index in [1.165, 1.54) is 12.5 Å². The Balaban J connectivity index is 1.23. The summed E-state index contributed by atoms with van der Waals surface area (Å²) in [4.78, 5) is 42.9. The molecule has 2 aromatic carbocycles. The number of carbonyl (C=O) groups is 2. The number of aliphatic hydroxyl groups excluding tert-OH is 1. The van der Waals surface area contributed by atoms with Gasteiger partial charge in [-0.05, 0) is 67.0 Å². The molecule has 1 saturated heterocycles. The van der Waals surface area contributed by atoms with E-state index in [9.17, 15) is 14.7 Å². The molecule has 0 aliphatic carbocycles. The van der Waals surface area contributed by atoms with Gasteiger partial charge in [-0.1, -0.05) is 50.2 Å². The second-order valence-electron chi connectivity index (χ2n) is 12.9. The lowest BCUT2D eigenvalue weighted by atomic mass is 9.99. The number of hydrogen-bond donors (Lipinski definition) is 3. The molecule has 1 unspecified atom stereocenters. The number of rotatable bonds is 13. The van der Waals surface area contributed by atoms with Gasteiger partial charge in [0, 0.05) is 48.7 Å². The van der Waals surface area contributed by atoms with Gasteiger partial charge in [0.2, 0.25) is 11.8 Å². The molecular weight excluding hydrogens is 620 g/mol. The Bertz CT molecular complexity index is 1860. The Morgan fingerprint density at radius 1 is 1.04 bits per heavy atom.